The average molecular weight is 461 g/mol. The quantitative estimate of drug-likeness (QED) is 0.190. The maximum atomic E-state index is 11.1. The van der Waals surface area contributed by atoms with Gasteiger partial charge < -0.3 is 4.90 Å². The molecule has 5 aromatic carbocycles. The van der Waals surface area contributed by atoms with E-state index < -0.39 is 9.85 Å². The fourth-order valence-corrected chi connectivity index (χ4v) is 4.16. The number of non-ortho nitro benzene ring substituents is 2. The molecule has 0 bridgehead atoms. The van der Waals surface area contributed by atoms with E-state index in [0.717, 1.165) is 27.6 Å². The van der Waals surface area contributed by atoms with Crippen molar-refractivity contribution in [3.8, 4) is 11.1 Å². The van der Waals surface area contributed by atoms with Crippen LogP contribution in [0.5, 0.6) is 0 Å². The Hall–Kier alpha value is -5.04. The molecule has 0 fully saturated rings. The topological polar surface area (TPSA) is 89.5 Å². The first kappa shape index (κ1) is 21.8. The van der Waals surface area contributed by atoms with Gasteiger partial charge in [0.1, 0.15) is 0 Å². The van der Waals surface area contributed by atoms with Crippen molar-refractivity contribution in [2.24, 2.45) is 0 Å². The highest BCUT2D eigenvalue weighted by Crippen LogP contribution is 2.37. The molecule has 35 heavy (non-hydrogen) atoms. The molecule has 0 unspecified atom stereocenters. The molecule has 7 heteroatoms. The summed E-state index contributed by atoms with van der Waals surface area (Å²) in [5.41, 5.74) is 4.36. The van der Waals surface area contributed by atoms with Crippen molar-refractivity contribution >= 4 is 39.2 Å². The summed E-state index contributed by atoms with van der Waals surface area (Å²) in [5.74, 6) is 0. The van der Waals surface area contributed by atoms with E-state index in [0.29, 0.717) is 11.4 Å². The van der Waals surface area contributed by atoms with Crippen molar-refractivity contribution in [1.82, 2.24) is 0 Å². The maximum Gasteiger partial charge on any atom is 0.269 e. The number of nitro groups is 2. The van der Waals surface area contributed by atoms with Crippen molar-refractivity contribution in [3.63, 3.8) is 0 Å². The molecule has 5 aromatic rings. The highest BCUT2D eigenvalue weighted by atomic mass is 16.6. The first-order valence-corrected chi connectivity index (χ1v) is 10.9. The van der Waals surface area contributed by atoms with Crippen LogP contribution in [0.15, 0.2) is 115 Å². The highest BCUT2D eigenvalue weighted by molar-refractivity contribution is 5.97. The van der Waals surface area contributed by atoms with Gasteiger partial charge in [-0.15, -0.1) is 0 Å². The number of hydrogen-bond acceptors (Lipinski definition) is 5. The highest BCUT2D eigenvalue weighted by Gasteiger charge is 2.16. The molecule has 0 heterocycles. The van der Waals surface area contributed by atoms with E-state index in [1.807, 2.05) is 47.4 Å². The fourth-order valence-electron chi connectivity index (χ4n) is 4.16. The zero-order valence-electron chi connectivity index (χ0n) is 18.4. The second-order valence-electron chi connectivity index (χ2n) is 7.96. The number of rotatable bonds is 6. The normalized spacial score (nSPS) is 10.7. The van der Waals surface area contributed by atoms with Crippen molar-refractivity contribution in [2.75, 3.05) is 4.90 Å². The lowest BCUT2D eigenvalue weighted by molar-refractivity contribution is -0.385. The molecule has 7 nitrogen and oxygen atoms in total. The summed E-state index contributed by atoms with van der Waals surface area (Å²) < 4.78 is 0. The number of hydrogen-bond donors (Lipinski definition) is 0. The van der Waals surface area contributed by atoms with Crippen LogP contribution in [0, 0.1) is 20.2 Å². The van der Waals surface area contributed by atoms with Crippen molar-refractivity contribution < 1.29 is 9.85 Å². The van der Waals surface area contributed by atoms with Crippen LogP contribution >= 0.6 is 0 Å². The van der Waals surface area contributed by atoms with Gasteiger partial charge in [0.05, 0.1) is 9.85 Å². The number of anilines is 3. The summed E-state index contributed by atoms with van der Waals surface area (Å²) in [6.45, 7) is 0. The number of benzene rings is 5. The predicted molar refractivity (Wildman–Crippen MR) is 137 cm³/mol. The van der Waals surface area contributed by atoms with Gasteiger partial charge in [-0.2, -0.15) is 0 Å². The molecule has 0 aliphatic heterocycles. The molecule has 0 aliphatic rings. The Kier molecular flexibility index (Phi) is 5.65. The van der Waals surface area contributed by atoms with E-state index in [1.165, 1.54) is 24.3 Å². The molecule has 0 radical (unpaired) electrons. The minimum Gasteiger partial charge on any atom is -0.310 e. The second kappa shape index (κ2) is 9.07. The molecule has 0 N–H and O–H groups in total. The summed E-state index contributed by atoms with van der Waals surface area (Å²) in [6, 6.07) is 34.8. The zero-order valence-corrected chi connectivity index (χ0v) is 18.4. The monoisotopic (exact) mass is 461 g/mol. The Bertz CT molecular complexity index is 1470. The Morgan fingerprint density at radius 3 is 1.49 bits per heavy atom. The lowest BCUT2D eigenvalue weighted by atomic mass is 9.98. The lowest BCUT2D eigenvalue weighted by Gasteiger charge is -2.25. The second-order valence-corrected chi connectivity index (χ2v) is 7.96. The van der Waals surface area contributed by atoms with E-state index in [-0.39, 0.29) is 11.4 Å². The molecule has 5 rings (SSSR count). The molecular weight excluding hydrogens is 442 g/mol. The summed E-state index contributed by atoms with van der Waals surface area (Å²) >= 11 is 0. The predicted octanol–water partition coefficient (Wildman–Crippen LogP) is 7.79. The minimum atomic E-state index is -0.445. The van der Waals surface area contributed by atoms with Gasteiger partial charge in [0.15, 0.2) is 0 Å². The van der Waals surface area contributed by atoms with E-state index in [9.17, 15) is 20.2 Å². The van der Waals surface area contributed by atoms with E-state index >= 15 is 0 Å². The standard InChI is InChI=1S/C28H19N3O4/c32-30(33)25-16-12-23(13-17-25)29(24-14-18-26(19-15-24)31(34)35)22-10-8-21(9-11-22)28-7-3-5-20-4-1-2-6-27(20)28/h1-19H. The summed E-state index contributed by atoms with van der Waals surface area (Å²) in [4.78, 5) is 23.2. The van der Waals surface area contributed by atoms with E-state index in [1.54, 1.807) is 24.3 Å². The van der Waals surface area contributed by atoms with E-state index in [2.05, 4.69) is 24.3 Å². The van der Waals surface area contributed by atoms with Gasteiger partial charge in [0.2, 0.25) is 0 Å². The number of nitro benzene ring substituents is 2. The van der Waals surface area contributed by atoms with Gasteiger partial charge in [0, 0.05) is 41.3 Å². The molecule has 0 aliphatic carbocycles. The third-order valence-electron chi connectivity index (χ3n) is 5.86. The molecular formula is C28H19N3O4. The van der Waals surface area contributed by atoms with Gasteiger partial charge in [-0.25, -0.2) is 0 Å². The molecule has 0 atom stereocenters. The third kappa shape index (κ3) is 4.30. The third-order valence-corrected chi connectivity index (χ3v) is 5.86. The van der Waals surface area contributed by atoms with Crippen LogP contribution in [0.25, 0.3) is 21.9 Å². The lowest BCUT2D eigenvalue weighted by Crippen LogP contribution is -2.10. The van der Waals surface area contributed by atoms with E-state index in [4.69, 9.17) is 0 Å². The summed E-state index contributed by atoms with van der Waals surface area (Å²) in [5, 5.41) is 24.6. The number of nitrogens with zero attached hydrogens (tertiary/aromatic N) is 3. The van der Waals surface area contributed by atoms with Crippen LogP contribution in [0.4, 0.5) is 28.4 Å². The first-order valence-electron chi connectivity index (χ1n) is 10.9. The van der Waals surface area contributed by atoms with Gasteiger partial charge in [0.25, 0.3) is 11.4 Å². The van der Waals surface area contributed by atoms with Gasteiger partial charge in [-0.05, 0) is 58.3 Å². The molecule has 0 spiro atoms. The number of fused-ring (bicyclic) bond motifs is 1. The molecule has 0 saturated heterocycles. The van der Waals surface area contributed by atoms with Crippen LogP contribution in [-0.4, -0.2) is 9.85 Å². The Labute approximate surface area is 200 Å². The smallest absolute Gasteiger partial charge is 0.269 e. The zero-order chi connectivity index (χ0) is 24.4. The largest absolute Gasteiger partial charge is 0.310 e. The minimum absolute atomic E-state index is 0.0105. The molecule has 170 valence electrons. The van der Waals surface area contributed by atoms with Gasteiger partial charge in [-0.1, -0.05) is 54.6 Å². The average Bonchev–Trinajstić information content (AvgIpc) is 2.89. The Morgan fingerprint density at radius 2 is 0.971 bits per heavy atom. The van der Waals surface area contributed by atoms with Crippen LogP contribution in [0.3, 0.4) is 0 Å². The van der Waals surface area contributed by atoms with Crippen LogP contribution in [-0.2, 0) is 0 Å². The summed E-state index contributed by atoms with van der Waals surface area (Å²) in [6.07, 6.45) is 0. The molecule has 0 aromatic heterocycles. The molecule has 0 amide bonds. The Balaban J connectivity index is 1.58. The van der Waals surface area contributed by atoms with Crippen molar-refractivity contribution in [1.29, 1.82) is 0 Å². The van der Waals surface area contributed by atoms with Gasteiger partial charge in [-0.3, -0.25) is 20.2 Å². The Morgan fingerprint density at radius 1 is 0.514 bits per heavy atom. The van der Waals surface area contributed by atoms with Crippen LogP contribution < -0.4 is 4.90 Å². The fraction of sp³-hybridized carbons (Fsp3) is 0. The SMILES string of the molecule is O=[N+]([O-])c1ccc(N(c2ccc(-c3cccc4ccccc34)cc2)c2ccc([N+](=O)[O-])cc2)cc1. The van der Waals surface area contributed by atoms with Crippen LogP contribution in [0.2, 0.25) is 0 Å². The van der Waals surface area contributed by atoms with Crippen LogP contribution in [0.1, 0.15) is 0 Å². The maximum absolute atomic E-state index is 11.1. The van der Waals surface area contributed by atoms with Crippen molar-refractivity contribution in [3.05, 3.63) is 135 Å². The van der Waals surface area contributed by atoms with Gasteiger partial charge >= 0.3 is 0 Å². The summed E-state index contributed by atoms with van der Waals surface area (Å²) in [7, 11) is 0. The first-order chi connectivity index (χ1) is 17.0. The van der Waals surface area contributed by atoms with Crippen molar-refractivity contribution in [2.45, 2.75) is 0 Å². The molecule has 0 saturated carbocycles.